The third-order valence-electron chi connectivity index (χ3n) is 4.72. The van der Waals surface area contributed by atoms with Crippen molar-refractivity contribution in [3.05, 3.63) is 38.7 Å². The predicted molar refractivity (Wildman–Crippen MR) is 96.7 cm³/mol. The fourth-order valence-electron chi connectivity index (χ4n) is 3.15. The summed E-state index contributed by atoms with van der Waals surface area (Å²) in [6.45, 7) is 0.426. The Morgan fingerprint density at radius 2 is 1.96 bits per heavy atom. The zero-order valence-corrected chi connectivity index (χ0v) is 15.6. The first-order valence-corrected chi connectivity index (χ1v) is 8.47. The minimum Gasteiger partial charge on any atom is -0.469 e. The standard InChI is InChI=1S/C17H19N5O6/c1-20-13-10(16(26)21(2)17(20)27)6-9(8-19-13)15(25)22-5-4-18-14(24)11(22)7-12(23)28-3/h6,8,11H,4-5,7H2,1-3H3,(H,18,24). The number of nitrogens with zero attached hydrogens (tertiary/aromatic N) is 4. The fraction of sp³-hybridized carbons (Fsp3) is 0.412. The maximum atomic E-state index is 13.0. The van der Waals surface area contributed by atoms with Crippen LogP contribution in [0.25, 0.3) is 11.0 Å². The summed E-state index contributed by atoms with van der Waals surface area (Å²) >= 11 is 0. The number of ether oxygens (including phenoxy) is 1. The Balaban J connectivity index is 2.04. The summed E-state index contributed by atoms with van der Waals surface area (Å²) < 4.78 is 6.73. The van der Waals surface area contributed by atoms with E-state index in [1.165, 1.54) is 42.9 Å². The van der Waals surface area contributed by atoms with Crippen LogP contribution in [0.2, 0.25) is 0 Å². The average Bonchev–Trinajstić information content (AvgIpc) is 2.71. The van der Waals surface area contributed by atoms with Gasteiger partial charge in [0, 0.05) is 33.4 Å². The van der Waals surface area contributed by atoms with Gasteiger partial charge in [-0.3, -0.25) is 28.3 Å². The zero-order chi connectivity index (χ0) is 20.6. The van der Waals surface area contributed by atoms with Gasteiger partial charge in [0.05, 0.1) is 24.5 Å². The lowest BCUT2D eigenvalue weighted by molar-refractivity contribution is -0.145. The molecule has 2 aromatic rings. The van der Waals surface area contributed by atoms with E-state index >= 15 is 0 Å². The minimum absolute atomic E-state index is 0.0767. The normalized spacial score (nSPS) is 16.8. The number of esters is 1. The molecule has 3 heterocycles. The largest absolute Gasteiger partial charge is 0.469 e. The van der Waals surface area contributed by atoms with Crippen LogP contribution in [-0.4, -0.2) is 63.0 Å². The number of piperazine rings is 1. The molecule has 3 rings (SSSR count). The topological polar surface area (TPSA) is 133 Å². The van der Waals surface area contributed by atoms with Gasteiger partial charge in [-0.1, -0.05) is 0 Å². The van der Waals surface area contributed by atoms with E-state index in [9.17, 15) is 24.0 Å². The monoisotopic (exact) mass is 389 g/mol. The maximum absolute atomic E-state index is 13.0. The molecule has 148 valence electrons. The lowest BCUT2D eigenvalue weighted by Crippen LogP contribution is -2.57. The smallest absolute Gasteiger partial charge is 0.332 e. The van der Waals surface area contributed by atoms with Crippen LogP contribution in [0.15, 0.2) is 21.9 Å². The number of carbonyl (C=O) groups excluding carboxylic acids is 3. The molecule has 2 amide bonds. The lowest BCUT2D eigenvalue weighted by atomic mass is 10.1. The highest BCUT2D eigenvalue weighted by molar-refractivity contribution is 6.00. The quantitative estimate of drug-likeness (QED) is 0.609. The van der Waals surface area contributed by atoms with Crippen molar-refractivity contribution in [2.45, 2.75) is 12.5 Å². The van der Waals surface area contributed by atoms with Gasteiger partial charge in [0.1, 0.15) is 11.7 Å². The van der Waals surface area contributed by atoms with E-state index in [1.54, 1.807) is 0 Å². The second-order valence-corrected chi connectivity index (χ2v) is 6.39. The van der Waals surface area contributed by atoms with Crippen LogP contribution in [0.4, 0.5) is 0 Å². The lowest BCUT2D eigenvalue weighted by Gasteiger charge is -2.34. The summed E-state index contributed by atoms with van der Waals surface area (Å²) in [6.07, 6.45) is 0.955. The van der Waals surface area contributed by atoms with E-state index in [-0.39, 0.29) is 36.1 Å². The van der Waals surface area contributed by atoms with Crippen LogP contribution in [0.1, 0.15) is 16.8 Å². The van der Waals surface area contributed by atoms with E-state index < -0.39 is 35.1 Å². The van der Waals surface area contributed by atoms with Crippen LogP contribution in [-0.2, 0) is 28.4 Å². The van der Waals surface area contributed by atoms with Crippen molar-refractivity contribution >= 4 is 28.8 Å². The first-order chi connectivity index (χ1) is 13.3. The molecule has 1 N–H and O–H groups in total. The summed E-state index contributed by atoms with van der Waals surface area (Å²) in [5.41, 5.74) is -0.891. The summed E-state index contributed by atoms with van der Waals surface area (Å²) in [7, 11) is 4.00. The fourth-order valence-corrected chi connectivity index (χ4v) is 3.15. The van der Waals surface area contributed by atoms with E-state index in [0.29, 0.717) is 0 Å². The molecule has 0 bridgehead atoms. The highest BCUT2D eigenvalue weighted by Crippen LogP contribution is 2.16. The van der Waals surface area contributed by atoms with Crippen LogP contribution in [0.5, 0.6) is 0 Å². The number of nitrogens with one attached hydrogen (secondary N) is 1. The number of aromatic nitrogens is 3. The molecule has 11 heteroatoms. The van der Waals surface area contributed by atoms with E-state index in [4.69, 9.17) is 0 Å². The first kappa shape index (κ1) is 19.3. The molecule has 2 aromatic heterocycles. The second-order valence-electron chi connectivity index (χ2n) is 6.39. The SMILES string of the molecule is COC(=O)CC1C(=O)NCCN1C(=O)c1cnc2c(c1)c(=O)n(C)c(=O)n2C. The number of rotatable bonds is 3. The van der Waals surface area contributed by atoms with Gasteiger partial charge in [0.25, 0.3) is 11.5 Å². The van der Waals surface area contributed by atoms with Gasteiger partial charge in [0.15, 0.2) is 0 Å². The number of hydrogen-bond donors (Lipinski definition) is 1. The highest BCUT2D eigenvalue weighted by Gasteiger charge is 2.35. The molecule has 1 aliphatic heterocycles. The molecule has 0 aliphatic carbocycles. The molecule has 1 atom stereocenters. The van der Waals surface area contributed by atoms with Crippen molar-refractivity contribution in [3.8, 4) is 0 Å². The van der Waals surface area contributed by atoms with Crippen LogP contribution >= 0.6 is 0 Å². The zero-order valence-electron chi connectivity index (χ0n) is 15.6. The Morgan fingerprint density at radius 3 is 2.64 bits per heavy atom. The minimum atomic E-state index is -1.02. The van der Waals surface area contributed by atoms with Crippen LogP contribution < -0.4 is 16.6 Å². The molecule has 0 spiro atoms. The van der Waals surface area contributed by atoms with Crippen molar-refractivity contribution in [2.75, 3.05) is 20.2 Å². The van der Waals surface area contributed by atoms with Crippen LogP contribution in [0.3, 0.4) is 0 Å². The van der Waals surface area contributed by atoms with Gasteiger partial charge in [-0.2, -0.15) is 0 Å². The van der Waals surface area contributed by atoms with Crippen molar-refractivity contribution in [3.63, 3.8) is 0 Å². The summed E-state index contributed by atoms with van der Waals surface area (Å²) in [5, 5.41) is 2.71. The molecule has 11 nitrogen and oxygen atoms in total. The van der Waals surface area contributed by atoms with E-state index in [1.807, 2.05) is 0 Å². The summed E-state index contributed by atoms with van der Waals surface area (Å²) in [4.78, 5) is 66.5. The van der Waals surface area contributed by atoms with Crippen LogP contribution in [0, 0.1) is 0 Å². The number of carbonyl (C=O) groups is 3. The third-order valence-corrected chi connectivity index (χ3v) is 4.72. The molecular formula is C17H19N5O6. The summed E-state index contributed by atoms with van der Waals surface area (Å²) in [6, 6.07) is 0.320. The second kappa shape index (κ2) is 7.25. The first-order valence-electron chi connectivity index (χ1n) is 8.47. The molecule has 1 fully saturated rings. The molecule has 1 saturated heterocycles. The third kappa shape index (κ3) is 3.15. The van der Waals surface area contributed by atoms with Gasteiger partial charge in [0.2, 0.25) is 5.91 Å². The van der Waals surface area contributed by atoms with Crippen molar-refractivity contribution < 1.29 is 19.1 Å². The molecule has 0 aromatic carbocycles. The highest BCUT2D eigenvalue weighted by atomic mass is 16.5. The molecule has 0 radical (unpaired) electrons. The number of hydrogen-bond acceptors (Lipinski definition) is 7. The molecule has 28 heavy (non-hydrogen) atoms. The Kier molecular flexibility index (Phi) is 4.99. The number of amides is 2. The van der Waals surface area contributed by atoms with Crippen molar-refractivity contribution in [2.24, 2.45) is 14.1 Å². The van der Waals surface area contributed by atoms with Gasteiger partial charge in [-0.15, -0.1) is 0 Å². The molecule has 1 unspecified atom stereocenters. The number of methoxy groups -OCH3 is 1. The summed E-state index contributed by atoms with van der Waals surface area (Å²) in [5.74, 6) is -1.63. The maximum Gasteiger partial charge on any atom is 0.332 e. The van der Waals surface area contributed by atoms with Gasteiger partial charge in [-0.05, 0) is 6.07 Å². The number of aryl methyl sites for hydroxylation is 1. The van der Waals surface area contributed by atoms with Gasteiger partial charge >= 0.3 is 11.7 Å². The molecule has 1 aliphatic rings. The average molecular weight is 389 g/mol. The Hall–Kier alpha value is -3.50. The van der Waals surface area contributed by atoms with Crippen molar-refractivity contribution in [1.29, 1.82) is 0 Å². The predicted octanol–water partition coefficient (Wildman–Crippen LogP) is -1.86. The number of fused-ring (bicyclic) bond motifs is 1. The van der Waals surface area contributed by atoms with Gasteiger partial charge in [-0.25, -0.2) is 9.78 Å². The number of pyridine rings is 1. The van der Waals surface area contributed by atoms with Gasteiger partial charge < -0.3 is 15.0 Å². The Labute approximate surface area is 158 Å². The van der Waals surface area contributed by atoms with E-state index in [2.05, 4.69) is 15.0 Å². The van der Waals surface area contributed by atoms with E-state index in [0.717, 1.165) is 4.57 Å². The Bertz CT molecular complexity index is 1100. The Morgan fingerprint density at radius 1 is 1.25 bits per heavy atom. The molecule has 0 saturated carbocycles. The molecular weight excluding hydrogens is 370 g/mol. The van der Waals surface area contributed by atoms with Crippen molar-refractivity contribution in [1.82, 2.24) is 24.3 Å².